The highest BCUT2D eigenvalue weighted by atomic mass is 16.5. The van der Waals surface area contributed by atoms with E-state index >= 15 is 0 Å². The average molecular weight is 338 g/mol. The van der Waals surface area contributed by atoms with E-state index < -0.39 is 24.4 Å². The molecule has 0 aromatic heterocycles. The minimum atomic E-state index is -1.31. The standard InChI is InChI=1S/C17H22O7/c1-22-13-6-4-10(7-14(13)23-2)3-5-11(18)8-15-17(21)16(20)12(19)9-24-15/h3-7,12,15-17,19-21H,8-9H2,1-2H3. The summed E-state index contributed by atoms with van der Waals surface area (Å²) in [4.78, 5) is 12.0. The molecule has 1 heterocycles. The zero-order chi connectivity index (χ0) is 17.7. The first kappa shape index (κ1) is 18.4. The van der Waals surface area contributed by atoms with Crippen LogP contribution in [0.4, 0.5) is 0 Å². The van der Waals surface area contributed by atoms with Gasteiger partial charge in [-0.1, -0.05) is 12.1 Å². The molecular formula is C17H22O7. The van der Waals surface area contributed by atoms with Crippen LogP contribution in [0, 0.1) is 0 Å². The molecule has 7 heteroatoms. The third kappa shape index (κ3) is 4.33. The highest BCUT2D eigenvalue weighted by Gasteiger charge is 2.37. The third-order valence-electron chi connectivity index (χ3n) is 3.88. The Kier molecular flexibility index (Phi) is 6.33. The van der Waals surface area contributed by atoms with Crippen molar-refractivity contribution in [3.8, 4) is 11.5 Å². The van der Waals surface area contributed by atoms with Gasteiger partial charge in [-0.05, 0) is 23.8 Å². The highest BCUT2D eigenvalue weighted by Crippen LogP contribution is 2.28. The van der Waals surface area contributed by atoms with E-state index in [1.54, 1.807) is 24.3 Å². The van der Waals surface area contributed by atoms with Gasteiger partial charge in [-0.25, -0.2) is 0 Å². The molecule has 4 atom stereocenters. The summed E-state index contributed by atoms with van der Waals surface area (Å²) in [5.74, 6) is 0.875. The van der Waals surface area contributed by atoms with Crippen molar-refractivity contribution in [1.82, 2.24) is 0 Å². The predicted molar refractivity (Wildman–Crippen MR) is 86.0 cm³/mol. The molecule has 1 aromatic rings. The molecule has 1 aromatic carbocycles. The molecule has 1 aliphatic rings. The van der Waals surface area contributed by atoms with Crippen LogP contribution >= 0.6 is 0 Å². The predicted octanol–water partition coefficient (Wildman–Crippen LogP) is 0.158. The van der Waals surface area contributed by atoms with E-state index in [4.69, 9.17) is 14.2 Å². The van der Waals surface area contributed by atoms with E-state index in [2.05, 4.69) is 0 Å². The molecule has 0 saturated carbocycles. The smallest absolute Gasteiger partial charge is 0.161 e. The topological polar surface area (TPSA) is 105 Å². The van der Waals surface area contributed by atoms with Crippen LogP contribution in [0.1, 0.15) is 12.0 Å². The summed E-state index contributed by atoms with van der Waals surface area (Å²) in [7, 11) is 3.07. The summed E-state index contributed by atoms with van der Waals surface area (Å²) in [6.45, 7) is -0.116. The molecule has 3 N–H and O–H groups in total. The Labute approximate surface area is 140 Å². The Morgan fingerprint density at radius 2 is 1.92 bits per heavy atom. The van der Waals surface area contributed by atoms with E-state index in [0.29, 0.717) is 11.5 Å². The average Bonchev–Trinajstić information content (AvgIpc) is 2.60. The van der Waals surface area contributed by atoms with Gasteiger partial charge in [-0.2, -0.15) is 0 Å². The third-order valence-corrected chi connectivity index (χ3v) is 3.88. The summed E-state index contributed by atoms with van der Waals surface area (Å²) in [6, 6.07) is 5.24. The van der Waals surface area contributed by atoms with Crippen LogP contribution in [0.15, 0.2) is 24.3 Å². The van der Waals surface area contributed by atoms with Crippen molar-refractivity contribution in [1.29, 1.82) is 0 Å². The summed E-state index contributed by atoms with van der Waals surface area (Å²) in [5, 5.41) is 28.8. The van der Waals surface area contributed by atoms with E-state index in [0.717, 1.165) is 5.56 Å². The quantitative estimate of drug-likeness (QED) is 0.634. The second-order valence-electron chi connectivity index (χ2n) is 5.54. The first-order chi connectivity index (χ1) is 11.5. The number of ether oxygens (including phenoxy) is 3. The summed E-state index contributed by atoms with van der Waals surface area (Å²) < 4.78 is 15.5. The van der Waals surface area contributed by atoms with Crippen LogP contribution < -0.4 is 9.47 Å². The number of aliphatic hydroxyl groups excluding tert-OH is 3. The fraction of sp³-hybridized carbons (Fsp3) is 0.471. The lowest BCUT2D eigenvalue weighted by Crippen LogP contribution is -2.53. The van der Waals surface area contributed by atoms with Crippen molar-refractivity contribution >= 4 is 11.9 Å². The lowest BCUT2D eigenvalue weighted by atomic mass is 9.96. The van der Waals surface area contributed by atoms with Crippen LogP contribution in [0.3, 0.4) is 0 Å². The number of carbonyl (C=O) groups excluding carboxylic acids is 1. The van der Waals surface area contributed by atoms with Gasteiger partial charge in [0.05, 0.1) is 26.9 Å². The number of rotatable bonds is 6. The monoisotopic (exact) mass is 338 g/mol. The maximum atomic E-state index is 12.0. The molecule has 132 valence electrons. The van der Waals surface area contributed by atoms with Crippen molar-refractivity contribution in [2.24, 2.45) is 0 Å². The number of allylic oxidation sites excluding steroid dienone is 1. The normalized spacial score (nSPS) is 27.2. The van der Waals surface area contributed by atoms with Crippen LogP contribution in [-0.4, -0.2) is 66.3 Å². The minimum Gasteiger partial charge on any atom is -0.493 e. The minimum absolute atomic E-state index is 0.0886. The summed E-state index contributed by atoms with van der Waals surface area (Å²) in [6.07, 6.45) is -1.70. The van der Waals surface area contributed by atoms with E-state index in [1.165, 1.54) is 20.3 Å². The molecular weight excluding hydrogens is 316 g/mol. The van der Waals surface area contributed by atoms with Crippen molar-refractivity contribution in [3.05, 3.63) is 29.8 Å². The fourth-order valence-corrected chi connectivity index (χ4v) is 2.46. The molecule has 0 aliphatic carbocycles. The SMILES string of the molecule is COc1ccc(C=CC(=O)CC2OCC(O)C(O)C2O)cc1OC. The van der Waals surface area contributed by atoms with Crippen molar-refractivity contribution in [2.45, 2.75) is 30.8 Å². The second-order valence-corrected chi connectivity index (χ2v) is 5.54. The van der Waals surface area contributed by atoms with Gasteiger partial charge in [-0.15, -0.1) is 0 Å². The van der Waals surface area contributed by atoms with Gasteiger partial charge in [0.2, 0.25) is 0 Å². The van der Waals surface area contributed by atoms with E-state index in [1.807, 2.05) is 0 Å². The van der Waals surface area contributed by atoms with Gasteiger partial charge in [0.1, 0.15) is 18.3 Å². The summed E-state index contributed by atoms with van der Waals surface area (Å²) >= 11 is 0. The molecule has 7 nitrogen and oxygen atoms in total. The van der Waals surface area contributed by atoms with Gasteiger partial charge >= 0.3 is 0 Å². The Hall–Kier alpha value is -1.93. The number of ketones is 1. The van der Waals surface area contributed by atoms with Crippen LogP contribution in [0.5, 0.6) is 11.5 Å². The van der Waals surface area contributed by atoms with Crippen LogP contribution in [0.25, 0.3) is 6.08 Å². The zero-order valence-corrected chi connectivity index (χ0v) is 13.6. The molecule has 0 amide bonds. The molecule has 0 bridgehead atoms. The number of hydrogen-bond acceptors (Lipinski definition) is 7. The molecule has 24 heavy (non-hydrogen) atoms. The second kappa shape index (κ2) is 8.25. The van der Waals surface area contributed by atoms with Gasteiger partial charge in [0, 0.05) is 6.42 Å². The Balaban J connectivity index is 1.98. The lowest BCUT2D eigenvalue weighted by Gasteiger charge is -2.34. The van der Waals surface area contributed by atoms with Gasteiger partial charge in [-0.3, -0.25) is 4.79 Å². The van der Waals surface area contributed by atoms with Crippen molar-refractivity contribution in [2.75, 3.05) is 20.8 Å². The van der Waals surface area contributed by atoms with Crippen molar-refractivity contribution < 1.29 is 34.3 Å². The first-order valence-electron chi connectivity index (χ1n) is 7.55. The van der Waals surface area contributed by atoms with Gasteiger partial charge in [0.15, 0.2) is 17.3 Å². The first-order valence-corrected chi connectivity index (χ1v) is 7.55. The Bertz CT molecular complexity index is 599. The largest absolute Gasteiger partial charge is 0.493 e. The lowest BCUT2D eigenvalue weighted by molar-refractivity contribution is -0.188. The Morgan fingerprint density at radius 1 is 1.21 bits per heavy atom. The van der Waals surface area contributed by atoms with Gasteiger partial charge in [0.25, 0.3) is 0 Å². The molecule has 0 spiro atoms. The van der Waals surface area contributed by atoms with E-state index in [-0.39, 0.29) is 18.8 Å². The number of methoxy groups -OCH3 is 2. The van der Waals surface area contributed by atoms with E-state index in [9.17, 15) is 20.1 Å². The highest BCUT2D eigenvalue weighted by molar-refractivity contribution is 5.94. The molecule has 2 rings (SSSR count). The van der Waals surface area contributed by atoms with Gasteiger partial charge < -0.3 is 29.5 Å². The fourth-order valence-electron chi connectivity index (χ4n) is 2.46. The molecule has 4 unspecified atom stereocenters. The van der Waals surface area contributed by atoms with Crippen LogP contribution in [0.2, 0.25) is 0 Å². The zero-order valence-electron chi connectivity index (χ0n) is 13.6. The molecule has 1 saturated heterocycles. The number of hydrogen-bond donors (Lipinski definition) is 3. The molecule has 1 aliphatic heterocycles. The van der Waals surface area contributed by atoms with Crippen molar-refractivity contribution in [3.63, 3.8) is 0 Å². The number of benzene rings is 1. The number of carbonyl (C=O) groups is 1. The summed E-state index contributed by atoms with van der Waals surface area (Å²) in [5.41, 5.74) is 0.751. The maximum Gasteiger partial charge on any atom is 0.161 e. The molecule has 0 radical (unpaired) electrons. The van der Waals surface area contributed by atoms with Crippen LogP contribution in [-0.2, 0) is 9.53 Å². The molecule has 1 fully saturated rings. The Morgan fingerprint density at radius 3 is 2.58 bits per heavy atom. The number of aliphatic hydroxyl groups is 3. The maximum absolute atomic E-state index is 12.0.